The quantitative estimate of drug-likeness (QED) is 0.725. The number of benzene rings is 3. The maximum absolute atomic E-state index is 12.9. The number of nitrogens with one attached hydrogen (secondary N) is 2. The Morgan fingerprint density at radius 3 is 2.13 bits per heavy atom. The van der Waals surface area contributed by atoms with Crippen molar-refractivity contribution < 1.29 is 9.18 Å². The molecule has 3 nitrogen and oxygen atoms in total. The SMILES string of the molecule is O=C(Nc1ccc(F)cc1)c1ccccc1Nc1ccccc1. The van der Waals surface area contributed by atoms with Gasteiger partial charge in [-0.05, 0) is 48.5 Å². The van der Waals surface area contributed by atoms with E-state index in [0.29, 0.717) is 16.9 Å². The molecule has 0 atom stereocenters. The first-order valence-corrected chi connectivity index (χ1v) is 7.20. The lowest BCUT2D eigenvalue weighted by Gasteiger charge is -2.12. The van der Waals surface area contributed by atoms with Crippen LogP contribution in [-0.2, 0) is 0 Å². The summed E-state index contributed by atoms with van der Waals surface area (Å²) in [4.78, 5) is 12.5. The molecule has 3 aromatic carbocycles. The predicted molar refractivity (Wildman–Crippen MR) is 90.5 cm³/mol. The zero-order chi connectivity index (χ0) is 16.1. The van der Waals surface area contributed by atoms with E-state index < -0.39 is 0 Å². The Balaban J connectivity index is 1.82. The van der Waals surface area contributed by atoms with Crippen molar-refractivity contribution in [2.45, 2.75) is 0 Å². The first-order chi connectivity index (χ1) is 11.2. The number of carbonyl (C=O) groups is 1. The lowest BCUT2D eigenvalue weighted by molar-refractivity contribution is 0.102. The number of anilines is 3. The van der Waals surface area contributed by atoms with Crippen LogP contribution in [0.25, 0.3) is 0 Å². The molecule has 0 radical (unpaired) electrons. The van der Waals surface area contributed by atoms with Crippen LogP contribution in [0.15, 0.2) is 78.9 Å². The number of para-hydroxylation sites is 2. The molecule has 1 amide bonds. The van der Waals surface area contributed by atoms with E-state index in [-0.39, 0.29) is 11.7 Å². The standard InChI is InChI=1S/C19H15FN2O/c20-14-10-12-16(13-11-14)22-19(23)17-8-4-5-9-18(17)21-15-6-2-1-3-7-15/h1-13,21H,(H,22,23). The van der Waals surface area contributed by atoms with Gasteiger partial charge in [-0.3, -0.25) is 4.79 Å². The molecule has 0 spiro atoms. The van der Waals surface area contributed by atoms with Crippen molar-refractivity contribution in [3.05, 3.63) is 90.2 Å². The minimum absolute atomic E-state index is 0.254. The molecule has 0 aliphatic rings. The molecule has 23 heavy (non-hydrogen) atoms. The van der Waals surface area contributed by atoms with Gasteiger partial charge in [-0.1, -0.05) is 30.3 Å². The van der Waals surface area contributed by atoms with Crippen LogP contribution in [0.4, 0.5) is 21.5 Å². The third-order valence-electron chi connectivity index (χ3n) is 3.33. The Hall–Kier alpha value is -3.14. The minimum Gasteiger partial charge on any atom is -0.355 e. The van der Waals surface area contributed by atoms with Crippen LogP contribution in [0.1, 0.15) is 10.4 Å². The molecule has 0 heterocycles. The Morgan fingerprint density at radius 1 is 0.739 bits per heavy atom. The number of hydrogen-bond donors (Lipinski definition) is 2. The second-order valence-electron chi connectivity index (χ2n) is 5.00. The van der Waals surface area contributed by atoms with Crippen molar-refractivity contribution in [1.82, 2.24) is 0 Å². The topological polar surface area (TPSA) is 41.1 Å². The van der Waals surface area contributed by atoms with Crippen LogP contribution in [0, 0.1) is 5.82 Å². The first kappa shape index (κ1) is 14.8. The highest BCUT2D eigenvalue weighted by Crippen LogP contribution is 2.22. The van der Waals surface area contributed by atoms with E-state index in [4.69, 9.17) is 0 Å². The summed E-state index contributed by atoms with van der Waals surface area (Å²) in [5, 5.41) is 5.99. The maximum Gasteiger partial charge on any atom is 0.257 e. The van der Waals surface area contributed by atoms with Crippen LogP contribution >= 0.6 is 0 Å². The summed E-state index contributed by atoms with van der Waals surface area (Å²) in [5.41, 5.74) is 2.67. The number of carbonyl (C=O) groups excluding carboxylic acids is 1. The maximum atomic E-state index is 12.9. The molecule has 2 N–H and O–H groups in total. The van der Waals surface area contributed by atoms with Crippen molar-refractivity contribution in [2.24, 2.45) is 0 Å². The Bertz CT molecular complexity index is 801. The van der Waals surface area contributed by atoms with Gasteiger partial charge >= 0.3 is 0 Å². The third kappa shape index (κ3) is 3.74. The van der Waals surface area contributed by atoms with Gasteiger partial charge in [0.05, 0.1) is 11.3 Å². The van der Waals surface area contributed by atoms with Gasteiger partial charge in [0.2, 0.25) is 0 Å². The van der Waals surface area contributed by atoms with Gasteiger partial charge in [0.15, 0.2) is 0 Å². The molecule has 0 fully saturated rings. The predicted octanol–water partition coefficient (Wildman–Crippen LogP) is 4.82. The van der Waals surface area contributed by atoms with Crippen LogP contribution in [0.2, 0.25) is 0 Å². The van der Waals surface area contributed by atoms with E-state index in [1.807, 2.05) is 42.5 Å². The van der Waals surface area contributed by atoms with E-state index >= 15 is 0 Å². The molecule has 4 heteroatoms. The second kappa shape index (κ2) is 6.75. The summed E-state index contributed by atoms with van der Waals surface area (Å²) in [5.74, 6) is -0.593. The number of halogens is 1. The number of amides is 1. The van der Waals surface area contributed by atoms with Gasteiger partial charge in [-0.15, -0.1) is 0 Å². The van der Waals surface area contributed by atoms with Crippen molar-refractivity contribution in [3.8, 4) is 0 Å². The van der Waals surface area contributed by atoms with Gasteiger partial charge in [0.1, 0.15) is 5.82 Å². The molecule has 0 aliphatic heterocycles. The van der Waals surface area contributed by atoms with E-state index in [2.05, 4.69) is 10.6 Å². The van der Waals surface area contributed by atoms with Gasteiger partial charge in [-0.25, -0.2) is 4.39 Å². The highest BCUT2D eigenvalue weighted by Gasteiger charge is 2.11. The monoisotopic (exact) mass is 306 g/mol. The normalized spacial score (nSPS) is 10.1. The molecule has 114 valence electrons. The molecule has 0 aromatic heterocycles. The number of rotatable bonds is 4. The summed E-state index contributed by atoms with van der Waals surface area (Å²) in [6.07, 6.45) is 0. The molecule has 3 rings (SSSR count). The smallest absolute Gasteiger partial charge is 0.257 e. The fourth-order valence-electron chi connectivity index (χ4n) is 2.20. The lowest BCUT2D eigenvalue weighted by atomic mass is 10.1. The van der Waals surface area contributed by atoms with Crippen molar-refractivity contribution in [3.63, 3.8) is 0 Å². The van der Waals surface area contributed by atoms with Gasteiger partial charge in [0.25, 0.3) is 5.91 Å². The molecule has 0 bridgehead atoms. The molecule has 0 saturated heterocycles. The van der Waals surface area contributed by atoms with Gasteiger partial charge < -0.3 is 10.6 Å². The van der Waals surface area contributed by atoms with Gasteiger partial charge in [0, 0.05) is 11.4 Å². The average Bonchev–Trinajstić information content (AvgIpc) is 2.58. The molecular weight excluding hydrogens is 291 g/mol. The van der Waals surface area contributed by atoms with Crippen LogP contribution < -0.4 is 10.6 Å². The molecular formula is C19H15FN2O. The Morgan fingerprint density at radius 2 is 1.39 bits per heavy atom. The fraction of sp³-hybridized carbons (Fsp3) is 0. The minimum atomic E-state index is -0.339. The zero-order valence-electron chi connectivity index (χ0n) is 12.3. The van der Waals surface area contributed by atoms with Crippen molar-refractivity contribution in [1.29, 1.82) is 0 Å². The molecule has 0 unspecified atom stereocenters. The van der Waals surface area contributed by atoms with Crippen LogP contribution in [0.5, 0.6) is 0 Å². The van der Waals surface area contributed by atoms with Crippen molar-refractivity contribution in [2.75, 3.05) is 10.6 Å². The van der Waals surface area contributed by atoms with Crippen LogP contribution in [-0.4, -0.2) is 5.91 Å². The van der Waals surface area contributed by atoms with E-state index in [0.717, 1.165) is 5.69 Å². The summed E-state index contributed by atoms with van der Waals surface area (Å²) < 4.78 is 12.9. The second-order valence-corrected chi connectivity index (χ2v) is 5.00. The van der Waals surface area contributed by atoms with Crippen molar-refractivity contribution >= 4 is 23.0 Å². The zero-order valence-corrected chi connectivity index (χ0v) is 12.3. The molecule has 0 aliphatic carbocycles. The van der Waals surface area contributed by atoms with E-state index in [1.54, 1.807) is 12.1 Å². The summed E-state index contributed by atoms with van der Waals surface area (Å²) in [7, 11) is 0. The summed E-state index contributed by atoms with van der Waals surface area (Å²) >= 11 is 0. The number of hydrogen-bond acceptors (Lipinski definition) is 2. The third-order valence-corrected chi connectivity index (χ3v) is 3.33. The lowest BCUT2D eigenvalue weighted by Crippen LogP contribution is -2.13. The largest absolute Gasteiger partial charge is 0.355 e. The van der Waals surface area contributed by atoms with Gasteiger partial charge in [-0.2, -0.15) is 0 Å². The summed E-state index contributed by atoms with van der Waals surface area (Å²) in [6.45, 7) is 0. The highest BCUT2D eigenvalue weighted by molar-refractivity contribution is 6.08. The highest BCUT2D eigenvalue weighted by atomic mass is 19.1. The van der Waals surface area contributed by atoms with Crippen LogP contribution in [0.3, 0.4) is 0 Å². The molecule has 0 saturated carbocycles. The van der Waals surface area contributed by atoms with E-state index in [9.17, 15) is 9.18 Å². The summed E-state index contributed by atoms with van der Waals surface area (Å²) in [6, 6.07) is 22.5. The Labute approximate surface area is 133 Å². The fourth-order valence-corrected chi connectivity index (χ4v) is 2.20. The Kier molecular flexibility index (Phi) is 4.34. The molecule has 3 aromatic rings. The van der Waals surface area contributed by atoms with E-state index in [1.165, 1.54) is 24.3 Å². The first-order valence-electron chi connectivity index (χ1n) is 7.20. The average molecular weight is 306 g/mol.